The van der Waals surface area contributed by atoms with Crippen molar-refractivity contribution in [3.8, 4) is 101 Å². The molecule has 63 heavy (non-hydrogen) atoms. The van der Waals surface area contributed by atoms with E-state index in [1.807, 2.05) is 36.4 Å². The van der Waals surface area contributed by atoms with E-state index in [0.29, 0.717) is 17.1 Å². The molecule has 0 aliphatic carbocycles. The van der Waals surface area contributed by atoms with Gasteiger partial charge in [0.25, 0.3) is 0 Å². The molecule has 0 atom stereocenters. The number of benzene rings is 7. The van der Waals surface area contributed by atoms with Crippen molar-refractivity contribution in [2.24, 2.45) is 0 Å². The average molecular weight is 811 g/mol. The van der Waals surface area contributed by atoms with Gasteiger partial charge in [0.05, 0.1) is 52.7 Å². The Morgan fingerprint density at radius 3 is 0.667 bits per heavy atom. The largest absolute Gasteiger partial charge is 0.397 e. The molecule has 0 spiro atoms. The van der Waals surface area contributed by atoms with Gasteiger partial charge in [0.2, 0.25) is 0 Å². The number of nitrogens with zero attached hydrogens (tertiary/aromatic N) is 3. The molecule has 6 N–H and O–H groups in total. The highest BCUT2D eigenvalue weighted by Gasteiger charge is 2.17. The number of pyridine rings is 3. The number of hydrogen-bond acceptors (Lipinski definition) is 6. The number of nitrogens with two attached hydrogens (primary N) is 3. The van der Waals surface area contributed by atoms with Crippen LogP contribution in [0.1, 0.15) is 0 Å². The van der Waals surface area contributed by atoms with Gasteiger partial charge in [-0.05, 0) is 121 Å². The summed E-state index contributed by atoms with van der Waals surface area (Å²) in [5.74, 6) is 0. The summed E-state index contributed by atoms with van der Waals surface area (Å²) in [5.41, 5.74) is 39.0. The van der Waals surface area contributed by atoms with Gasteiger partial charge >= 0.3 is 0 Å². The van der Waals surface area contributed by atoms with Crippen molar-refractivity contribution < 1.29 is 0 Å². The maximum absolute atomic E-state index is 5.93. The topological polar surface area (TPSA) is 117 Å². The fraction of sp³-hybridized carbons (Fsp3) is 0. The van der Waals surface area contributed by atoms with E-state index in [2.05, 4.69) is 179 Å². The molecule has 3 aromatic heterocycles. The van der Waals surface area contributed by atoms with Crippen LogP contribution in [0, 0.1) is 0 Å². The lowest BCUT2D eigenvalue weighted by atomic mass is 9.86. The second kappa shape index (κ2) is 16.8. The molecule has 10 rings (SSSR count). The minimum atomic E-state index is 0.644. The minimum Gasteiger partial charge on any atom is -0.397 e. The Morgan fingerprint density at radius 1 is 0.222 bits per heavy atom. The summed E-state index contributed by atoms with van der Waals surface area (Å²) in [4.78, 5) is 13.7. The zero-order chi connectivity index (χ0) is 42.7. The van der Waals surface area contributed by atoms with Crippen molar-refractivity contribution in [2.45, 2.75) is 0 Å². The van der Waals surface area contributed by atoms with E-state index in [1.54, 1.807) is 18.6 Å². The first-order valence-electron chi connectivity index (χ1n) is 20.8. The van der Waals surface area contributed by atoms with Crippen molar-refractivity contribution in [3.63, 3.8) is 0 Å². The molecule has 0 amide bonds. The Hall–Kier alpha value is -8.61. The molecule has 10 aromatic rings. The number of hydrogen-bond donors (Lipinski definition) is 3. The molecule has 0 saturated heterocycles. The second-order valence-corrected chi connectivity index (χ2v) is 15.6. The van der Waals surface area contributed by atoms with E-state index in [9.17, 15) is 0 Å². The van der Waals surface area contributed by atoms with Crippen molar-refractivity contribution in [3.05, 3.63) is 219 Å². The van der Waals surface area contributed by atoms with Crippen LogP contribution in [-0.4, -0.2) is 15.0 Å². The summed E-state index contributed by atoms with van der Waals surface area (Å²) < 4.78 is 0. The standard InChI is InChI=1S/C57H42N6/c58-46-25-28-55(61-34-46)40-19-13-37(14-20-40)49-7-1-4-10-52(49)43-31-44(53-11-5-2-8-50(53)38-15-21-41(22-16-38)56-29-26-47(59)35-62-56)33-45(32-43)54-12-6-3-9-51(54)39-17-23-42(24-18-39)57-30-27-48(60)36-63-57/h1-36H,58-60H2. The van der Waals surface area contributed by atoms with Gasteiger partial charge < -0.3 is 17.2 Å². The van der Waals surface area contributed by atoms with Gasteiger partial charge in [-0.25, -0.2) is 0 Å². The van der Waals surface area contributed by atoms with Crippen LogP contribution >= 0.6 is 0 Å². The Kier molecular flexibility index (Phi) is 10.3. The van der Waals surface area contributed by atoms with Crippen LogP contribution in [0.5, 0.6) is 0 Å². The molecule has 0 saturated carbocycles. The third-order valence-corrected chi connectivity index (χ3v) is 11.5. The molecule has 0 radical (unpaired) electrons. The molecule has 0 aliphatic rings. The lowest BCUT2D eigenvalue weighted by molar-refractivity contribution is 1.33. The van der Waals surface area contributed by atoms with Crippen LogP contribution in [-0.2, 0) is 0 Å². The third kappa shape index (κ3) is 8.04. The van der Waals surface area contributed by atoms with E-state index < -0.39 is 0 Å². The van der Waals surface area contributed by atoms with Crippen molar-refractivity contribution in [2.75, 3.05) is 17.2 Å². The zero-order valence-corrected chi connectivity index (χ0v) is 34.4. The number of nitrogen functional groups attached to an aromatic ring is 3. The van der Waals surface area contributed by atoms with Crippen LogP contribution in [0.3, 0.4) is 0 Å². The molecule has 0 aliphatic heterocycles. The summed E-state index contributed by atoms with van der Waals surface area (Å²) in [7, 11) is 0. The van der Waals surface area contributed by atoms with Gasteiger partial charge in [-0.2, -0.15) is 0 Å². The van der Waals surface area contributed by atoms with E-state index in [-0.39, 0.29) is 0 Å². The predicted octanol–water partition coefficient (Wildman–Crippen LogP) is 13.6. The smallest absolute Gasteiger partial charge is 0.0703 e. The van der Waals surface area contributed by atoms with Crippen LogP contribution in [0.15, 0.2) is 219 Å². The summed E-state index contributed by atoms with van der Waals surface area (Å²) in [5, 5.41) is 0. The molecule has 0 unspecified atom stereocenters. The van der Waals surface area contributed by atoms with Crippen LogP contribution < -0.4 is 17.2 Å². The SMILES string of the molecule is Nc1ccc(-c2ccc(-c3ccccc3-c3cc(-c4ccccc4-c4ccc(-c5ccc(N)cn5)cc4)cc(-c4ccccc4-c4ccc(-c5ccc(N)cn5)cc4)c3)cc2)nc1. The Morgan fingerprint density at radius 2 is 0.444 bits per heavy atom. The van der Waals surface area contributed by atoms with Crippen molar-refractivity contribution >= 4 is 17.1 Å². The van der Waals surface area contributed by atoms with Crippen LogP contribution in [0.4, 0.5) is 17.1 Å². The first kappa shape index (κ1) is 38.6. The van der Waals surface area contributed by atoms with E-state index in [1.165, 1.54) is 0 Å². The normalized spacial score (nSPS) is 11.0. The average Bonchev–Trinajstić information content (AvgIpc) is 3.35. The van der Waals surface area contributed by atoms with E-state index in [4.69, 9.17) is 17.2 Å². The Bertz CT molecular complexity index is 2830. The molecule has 0 bridgehead atoms. The zero-order valence-electron chi connectivity index (χ0n) is 34.4. The number of aromatic nitrogens is 3. The lowest BCUT2D eigenvalue weighted by Crippen LogP contribution is -1.92. The highest BCUT2D eigenvalue weighted by molar-refractivity contribution is 5.94. The maximum atomic E-state index is 5.93. The maximum Gasteiger partial charge on any atom is 0.0703 e. The molecule has 6 heteroatoms. The summed E-state index contributed by atoms with van der Waals surface area (Å²) >= 11 is 0. The first-order chi connectivity index (χ1) is 30.9. The molecule has 3 heterocycles. The van der Waals surface area contributed by atoms with Gasteiger partial charge in [0.15, 0.2) is 0 Å². The van der Waals surface area contributed by atoms with Gasteiger partial charge in [0, 0.05) is 16.7 Å². The second-order valence-electron chi connectivity index (χ2n) is 15.6. The number of rotatable bonds is 9. The van der Waals surface area contributed by atoms with Crippen molar-refractivity contribution in [1.29, 1.82) is 0 Å². The van der Waals surface area contributed by atoms with Gasteiger partial charge in [-0.3, -0.25) is 15.0 Å². The summed E-state index contributed by atoms with van der Waals surface area (Å²) in [6.45, 7) is 0. The molecule has 6 nitrogen and oxygen atoms in total. The molecule has 300 valence electrons. The monoisotopic (exact) mass is 810 g/mol. The lowest BCUT2D eigenvalue weighted by Gasteiger charge is -2.18. The van der Waals surface area contributed by atoms with Gasteiger partial charge in [0.1, 0.15) is 0 Å². The highest BCUT2D eigenvalue weighted by atomic mass is 14.7. The quantitative estimate of drug-likeness (QED) is 0.134. The van der Waals surface area contributed by atoms with Gasteiger partial charge in [-0.15, -0.1) is 0 Å². The van der Waals surface area contributed by atoms with Crippen LogP contribution in [0.25, 0.3) is 101 Å². The number of anilines is 3. The van der Waals surface area contributed by atoms with E-state index in [0.717, 1.165) is 101 Å². The predicted molar refractivity (Wildman–Crippen MR) is 262 cm³/mol. The minimum absolute atomic E-state index is 0.644. The Labute approximate surface area is 367 Å². The fourth-order valence-corrected chi connectivity index (χ4v) is 8.24. The molecule has 0 fully saturated rings. The van der Waals surface area contributed by atoms with E-state index >= 15 is 0 Å². The molecule has 7 aromatic carbocycles. The van der Waals surface area contributed by atoms with Gasteiger partial charge in [-0.1, -0.05) is 146 Å². The summed E-state index contributed by atoms with van der Waals surface area (Å²) in [6, 6.07) is 70.3. The molecular formula is C57H42N6. The highest BCUT2D eigenvalue weighted by Crippen LogP contribution is 2.43. The fourth-order valence-electron chi connectivity index (χ4n) is 8.24. The summed E-state index contributed by atoms with van der Waals surface area (Å²) in [6.07, 6.45) is 5.09. The third-order valence-electron chi connectivity index (χ3n) is 11.5. The Balaban J connectivity index is 1.10. The molecular weight excluding hydrogens is 769 g/mol. The van der Waals surface area contributed by atoms with Crippen LogP contribution in [0.2, 0.25) is 0 Å². The first-order valence-corrected chi connectivity index (χ1v) is 20.8. The van der Waals surface area contributed by atoms with Crippen molar-refractivity contribution in [1.82, 2.24) is 15.0 Å².